The molecule has 1 unspecified atom stereocenters. The number of anilines is 1. The number of thioether (sulfide) groups is 1. The standard InChI is InChI=1S/C11H17BrN2O2S2/c1-8(5-6-17-2)14-18(15,16)9-3-4-11(13)10(12)7-9/h3-4,7-8,14H,5-6,13H2,1-2H3. The number of rotatable bonds is 6. The van der Waals surface area contributed by atoms with Crippen molar-refractivity contribution in [2.75, 3.05) is 17.7 Å². The van der Waals surface area contributed by atoms with E-state index in [4.69, 9.17) is 5.73 Å². The Kier molecular flexibility index (Phi) is 5.97. The van der Waals surface area contributed by atoms with Crippen LogP contribution in [-0.2, 0) is 10.0 Å². The van der Waals surface area contributed by atoms with Gasteiger partial charge in [-0.15, -0.1) is 0 Å². The van der Waals surface area contributed by atoms with Gasteiger partial charge in [-0.1, -0.05) is 0 Å². The first-order valence-corrected chi connectivity index (χ1v) is 9.10. The molecule has 18 heavy (non-hydrogen) atoms. The fourth-order valence-corrected chi connectivity index (χ4v) is 3.78. The number of halogens is 1. The Balaban J connectivity index is 2.83. The van der Waals surface area contributed by atoms with Crippen LogP contribution in [0.1, 0.15) is 13.3 Å². The van der Waals surface area contributed by atoms with Gasteiger partial charge in [0.1, 0.15) is 0 Å². The van der Waals surface area contributed by atoms with Crippen LogP contribution in [0.4, 0.5) is 5.69 Å². The highest BCUT2D eigenvalue weighted by atomic mass is 79.9. The summed E-state index contributed by atoms with van der Waals surface area (Å²) in [5.41, 5.74) is 6.15. The first kappa shape index (κ1) is 15.8. The maximum atomic E-state index is 12.1. The zero-order valence-corrected chi connectivity index (χ0v) is 13.5. The maximum absolute atomic E-state index is 12.1. The van der Waals surface area contributed by atoms with Crippen LogP contribution >= 0.6 is 27.7 Å². The molecule has 0 saturated heterocycles. The van der Waals surface area contributed by atoms with Gasteiger partial charge in [0.25, 0.3) is 0 Å². The third kappa shape index (κ3) is 4.46. The van der Waals surface area contributed by atoms with Crippen molar-refractivity contribution < 1.29 is 8.42 Å². The molecule has 0 radical (unpaired) electrons. The van der Waals surface area contributed by atoms with Crippen molar-refractivity contribution >= 4 is 43.4 Å². The number of benzene rings is 1. The van der Waals surface area contributed by atoms with Gasteiger partial charge in [-0.3, -0.25) is 0 Å². The molecule has 7 heteroatoms. The van der Waals surface area contributed by atoms with Crippen molar-refractivity contribution in [1.82, 2.24) is 4.72 Å². The lowest BCUT2D eigenvalue weighted by molar-refractivity contribution is 0.557. The topological polar surface area (TPSA) is 72.2 Å². The van der Waals surface area contributed by atoms with E-state index < -0.39 is 10.0 Å². The van der Waals surface area contributed by atoms with Crippen LogP contribution in [0.25, 0.3) is 0 Å². The smallest absolute Gasteiger partial charge is 0.240 e. The van der Waals surface area contributed by atoms with Crippen LogP contribution in [0, 0.1) is 0 Å². The van der Waals surface area contributed by atoms with Gasteiger partial charge < -0.3 is 5.73 Å². The quantitative estimate of drug-likeness (QED) is 0.771. The first-order chi connectivity index (χ1) is 8.36. The molecule has 102 valence electrons. The number of hydrogen-bond acceptors (Lipinski definition) is 4. The van der Waals surface area contributed by atoms with Crippen LogP contribution in [-0.4, -0.2) is 26.5 Å². The Labute approximate surface area is 121 Å². The molecule has 0 heterocycles. The molecule has 1 aromatic carbocycles. The van der Waals surface area contributed by atoms with Gasteiger partial charge in [0.05, 0.1) is 4.90 Å². The zero-order chi connectivity index (χ0) is 13.8. The molecule has 1 aromatic rings. The Bertz CT molecular complexity index is 506. The van der Waals surface area contributed by atoms with Gasteiger partial charge >= 0.3 is 0 Å². The monoisotopic (exact) mass is 352 g/mol. The Morgan fingerprint density at radius 2 is 2.17 bits per heavy atom. The molecular formula is C11H17BrN2O2S2. The summed E-state index contributed by atoms with van der Waals surface area (Å²) in [5.74, 6) is 0.926. The Morgan fingerprint density at radius 3 is 2.72 bits per heavy atom. The first-order valence-electron chi connectivity index (χ1n) is 5.43. The molecule has 0 spiro atoms. The molecule has 0 saturated carbocycles. The van der Waals surface area contributed by atoms with Gasteiger partial charge in [-0.25, -0.2) is 13.1 Å². The van der Waals surface area contributed by atoms with Gasteiger partial charge in [-0.05, 0) is 59.5 Å². The summed E-state index contributed by atoms with van der Waals surface area (Å²) < 4.78 is 27.4. The predicted octanol–water partition coefficient (Wildman–Crippen LogP) is 2.45. The molecule has 4 nitrogen and oxygen atoms in total. The second-order valence-electron chi connectivity index (χ2n) is 3.99. The molecule has 0 aliphatic heterocycles. The number of sulfonamides is 1. The normalized spacial score (nSPS) is 13.5. The van der Waals surface area contributed by atoms with Gasteiger partial charge in [-0.2, -0.15) is 11.8 Å². The summed E-state index contributed by atoms with van der Waals surface area (Å²) in [5, 5.41) is 0. The van der Waals surface area contributed by atoms with Crippen molar-refractivity contribution in [3.63, 3.8) is 0 Å². The number of nitrogens with one attached hydrogen (secondary N) is 1. The van der Waals surface area contributed by atoms with Crippen LogP contribution in [0.2, 0.25) is 0 Å². The average molecular weight is 353 g/mol. The minimum Gasteiger partial charge on any atom is -0.398 e. The lowest BCUT2D eigenvalue weighted by Crippen LogP contribution is -2.33. The number of nitrogen functional groups attached to an aromatic ring is 1. The van der Waals surface area contributed by atoms with Crippen molar-refractivity contribution in [1.29, 1.82) is 0 Å². The minimum absolute atomic E-state index is 0.0845. The summed E-state index contributed by atoms with van der Waals surface area (Å²) in [4.78, 5) is 0.222. The van der Waals surface area contributed by atoms with E-state index in [-0.39, 0.29) is 10.9 Å². The van der Waals surface area contributed by atoms with Crippen molar-refractivity contribution in [2.24, 2.45) is 0 Å². The zero-order valence-electron chi connectivity index (χ0n) is 10.3. The van der Waals surface area contributed by atoms with Crippen molar-refractivity contribution in [3.05, 3.63) is 22.7 Å². The highest BCUT2D eigenvalue weighted by Crippen LogP contribution is 2.23. The molecule has 0 amide bonds. The van der Waals surface area contributed by atoms with E-state index in [1.54, 1.807) is 17.8 Å². The molecule has 0 fully saturated rings. The SMILES string of the molecule is CSCCC(C)NS(=O)(=O)c1ccc(N)c(Br)c1. The van der Waals surface area contributed by atoms with E-state index in [0.717, 1.165) is 12.2 Å². The van der Waals surface area contributed by atoms with Gasteiger partial charge in [0.2, 0.25) is 10.0 Å². The van der Waals surface area contributed by atoms with E-state index >= 15 is 0 Å². The van der Waals surface area contributed by atoms with Crippen molar-refractivity contribution in [2.45, 2.75) is 24.3 Å². The number of nitrogens with two attached hydrogens (primary N) is 1. The van der Waals surface area contributed by atoms with E-state index in [1.807, 2.05) is 13.2 Å². The molecule has 1 atom stereocenters. The Hall–Kier alpha value is -0.240. The van der Waals surface area contributed by atoms with E-state index in [0.29, 0.717) is 10.2 Å². The average Bonchev–Trinajstić information content (AvgIpc) is 2.29. The molecule has 0 aliphatic carbocycles. The van der Waals surface area contributed by atoms with Crippen LogP contribution in [0.15, 0.2) is 27.6 Å². The second-order valence-corrected chi connectivity index (χ2v) is 7.54. The third-order valence-corrected chi connectivity index (χ3v) is 5.31. The lowest BCUT2D eigenvalue weighted by atomic mass is 10.3. The largest absolute Gasteiger partial charge is 0.398 e. The molecular weight excluding hydrogens is 336 g/mol. The molecule has 3 N–H and O–H groups in total. The molecule has 1 rings (SSSR count). The summed E-state index contributed by atoms with van der Waals surface area (Å²) in [7, 11) is -3.47. The highest BCUT2D eigenvalue weighted by Gasteiger charge is 2.17. The summed E-state index contributed by atoms with van der Waals surface area (Å²) >= 11 is 4.92. The summed E-state index contributed by atoms with van der Waals surface area (Å²) in [6.07, 6.45) is 2.80. The highest BCUT2D eigenvalue weighted by molar-refractivity contribution is 9.10. The van der Waals surface area contributed by atoms with Gasteiger partial charge in [0.15, 0.2) is 0 Å². The summed E-state index contributed by atoms with van der Waals surface area (Å²) in [6.45, 7) is 1.86. The number of hydrogen-bond donors (Lipinski definition) is 2. The van der Waals surface area contributed by atoms with Crippen LogP contribution < -0.4 is 10.5 Å². The van der Waals surface area contributed by atoms with Crippen LogP contribution in [0.5, 0.6) is 0 Å². The minimum atomic E-state index is -3.47. The lowest BCUT2D eigenvalue weighted by Gasteiger charge is -2.14. The maximum Gasteiger partial charge on any atom is 0.240 e. The fraction of sp³-hybridized carbons (Fsp3) is 0.455. The van der Waals surface area contributed by atoms with E-state index in [9.17, 15) is 8.42 Å². The molecule has 0 bridgehead atoms. The molecule has 0 aliphatic rings. The molecule has 0 aromatic heterocycles. The van der Waals surface area contributed by atoms with E-state index in [1.165, 1.54) is 12.1 Å². The predicted molar refractivity (Wildman–Crippen MR) is 81.3 cm³/mol. The Morgan fingerprint density at radius 1 is 1.50 bits per heavy atom. The third-order valence-electron chi connectivity index (χ3n) is 2.39. The second kappa shape index (κ2) is 6.79. The fourth-order valence-electron chi connectivity index (χ4n) is 1.36. The van der Waals surface area contributed by atoms with E-state index in [2.05, 4.69) is 20.7 Å². The van der Waals surface area contributed by atoms with Crippen molar-refractivity contribution in [3.8, 4) is 0 Å². The summed E-state index contributed by atoms with van der Waals surface area (Å²) in [6, 6.07) is 4.51. The van der Waals surface area contributed by atoms with Crippen LogP contribution in [0.3, 0.4) is 0 Å². The van der Waals surface area contributed by atoms with Gasteiger partial charge in [0, 0.05) is 16.2 Å².